The molecular formula is C19H18BrNO. The number of fused-ring (bicyclic) bond motifs is 3. The molecule has 0 saturated carbocycles. The van der Waals surface area contributed by atoms with Gasteiger partial charge in [0.2, 0.25) is 0 Å². The number of methoxy groups -OCH3 is 1. The number of anilines is 1. The Labute approximate surface area is 139 Å². The van der Waals surface area contributed by atoms with Crippen molar-refractivity contribution in [3.63, 3.8) is 0 Å². The number of hydrogen-bond acceptors (Lipinski definition) is 2. The van der Waals surface area contributed by atoms with Gasteiger partial charge in [0.1, 0.15) is 5.75 Å². The fraction of sp³-hybridized carbons (Fsp3) is 0.263. The van der Waals surface area contributed by atoms with E-state index in [4.69, 9.17) is 4.74 Å². The van der Waals surface area contributed by atoms with Crippen LogP contribution in [0.4, 0.5) is 5.69 Å². The molecule has 2 aromatic rings. The lowest BCUT2D eigenvalue weighted by Gasteiger charge is -2.37. The fourth-order valence-electron chi connectivity index (χ4n) is 3.70. The van der Waals surface area contributed by atoms with Crippen molar-refractivity contribution in [3.8, 4) is 5.75 Å². The van der Waals surface area contributed by atoms with Gasteiger partial charge in [0.05, 0.1) is 13.2 Å². The zero-order valence-electron chi connectivity index (χ0n) is 12.4. The molecule has 0 saturated heterocycles. The lowest BCUT2D eigenvalue weighted by atomic mass is 9.77. The van der Waals surface area contributed by atoms with E-state index in [0.717, 1.165) is 16.6 Å². The molecule has 3 heteroatoms. The van der Waals surface area contributed by atoms with Crippen molar-refractivity contribution in [2.75, 3.05) is 12.4 Å². The largest absolute Gasteiger partial charge is 0.497 e. The number of allylic oxidation sites excluding steroid dienone is 2. The molecule has 1 aliphatic carbocycles. The third kappa shape index (κ3) is 2.24. The van der Waals surface area contributed by atoms with Crippen LogP contribution < -0.4 is 10.1 Å². The average Bonchev–Trinajstić information content (AvgIpc) is 3.04. The minimum absolute atomic E-state index is 0.356. The van der Waals surface area contributed by atoms with E-state index in [0.29, 0.717) is 17.9 Å². The molecule has 0 amide bonds. The molecule has 0 spiro atoms. The monoisotopic (exact) mass is 355 g/mol. The summed E-state index contributed by atoms with van der Waals surface area (Å²) in [4.78, 5) is 0. The second kappa shape index (κ2) is 5.47. The van der Waals surface area contributed by atoms with Crippen LogP contribution in [-0.2, 0) is 0 Å². The highest BCUT2D eigenvalue weighted by Gasteiger charge is 2.37. The Bertz CT molecular complexity index is 723. The van der Waals surface area contributed by atoms with Gasteiger partial charge in [0.25, 0.3) is 0 Å². The van der Waals surface area contributed by atoms with Crippen molar-refractivity contribution in [1.29, 1.82) is 0 Å². The molecule has 1 heterocycles. The number of hydrogen-bond donors (Lipinski definition) is 1. The zero-order chi connectivity index (χ0) is 15.1. The van der Waals surface area contributed by atoms with Gasteiger partial charge < -0.3 is 10.1 Å². The third-order valence-corrected chi connectivity index (χ3v) is 5.33. The summed E-state index contributed by atoms with van der Waals surface area (Å²) in [6.45, 7) is 0. The van der Waals surface area contributed by atoms with E-state index < -0.39 is 0 Å². The molecule has 3 atom stereocenters. The standard InChI is InChI=1S/C19H18BrNO/c1-22-14-9-10-18-17(11-14)15-3-2-4-16(15)19(21-18)12-5-7-13(20)8-6-12/h2-3,5-11,15-16,19,21H,4H2,1H3/t15-,16-,19+/m1/s1. The quantitative estimate of drug-likeness (QED) is 0.739. The predicted molar refractivity (Wildman–Crippen MR) is 93.5 cm³/mol. The van der Waals surface area contributed by atoms with Gasteiger partial charge in [-0.25, -0.2) is 0 Å². The zero-order valence-corrected chi connectivity index (χ0v) is 14.0. The van der Waals surface area contributed by atoms with Gasteiger partial charge in [0.15, 0.2) is 0 Å². The second-order valence-electron chi connectivity index (χ2n) is 5.98. The Morgan fingerprint density at radius 3 is 2.73 bits per heavy atom. The number of nitrogens with one attached hydrogen (secondary N) is 1. The summed E-state index contributed by atoms with van der Waals surface area (Å²) in [5.74, 6) is 1.97. The summed E-state index contributed by atoms with van der Waals surface area (Å²) in [6, 6.07) is 15.4. The van der Waals surface area contributed by atoms with Crippen molar-refractivity contribution in [2.45, 2.75) is 18.4 Å². The van der Waals surface area contributed by atoms with Crippen molar-refractivity contribution in [2.24, 2.45) is 5.92 Å². The van der Waals surface area contributed by atoms with Gasteiger partial charge in [-0.1, -0.05) is 40.2 Å². The molecule has 2 nitrogen and oxygen atoms in total. The van der Waals surface area contributed by atoms with Crippen molar-refractivity contribution < 1.29 is 4.74 Å². The maximum Gasteiger partial charge on any atom is 0.119 e. The molecule has 1 aliphatic heterocycles. The van der Waals surface area contributed by atoms with Gasteiger partial charge in [-0.15, -0.1) is 0 Å². The molecule has 0 radical (unpaired) electrons. The van der Waals surface area contributed by atoms with Crippen LogP contribution in [0.1, 0.15) is 29.5 Å². The van der Waals surface area contributed by atoms with Crippen molar-refractivity contribution >= 4 is 21.6 Å². The van der Waals surface area contributed by atoms with Crippen LogP contribution in [0, 0.1) is 5.92 Å². The fourth-order valence-corrected chi connectivity index (χ4v) is 3.96. The van der Waals surface area contributed by atoms with E-state index in [-0.39, 0.29) is 0 Å². The molecule has 0 aromatic heterocycles. The maximum atomic E-state index is 5.40. The summed E-state index contributed by atoms with van der Waals surface area (Å²) in [5, 5.41) is 3.74. The van der Waals surface area contributed by atoms with Crippen LogP contribution in [0.2, 0.25) is 0 Å². The molecule has 2 aliphatic rings. The summed E-state index contributed by atoms with van der Waals surface area (Å²) in [7, 11) is 1.73. The average molecular weight is 356 g/mol. The van der Waals surface area contributed by atoms with Crippen molar-refractivity contribution in [3.05, 3.63) is 70.2 Å². The summed E-state index contributed by atoms with van der Waals surface area (Å²) in [6.07, 6.45) is 5.79. The Kier molecular flexibility index (Phi) is 3.45. The van der Waals surface area contributed by atoms with Crippen LogP contribution in [0.25, 0.3) is 0 Å². The van der Waals surface area contributed by atoms with E-state index in [2.05, 4.69) is 69.8 Å². The lowest BCUT2D eigenvalue weighted by molar-refractivity contribution is 0.405. The summed E-state index contributed by atoms with van der Waals surface area (Å²) >= 11 is 3.52. The van der Waals surface area contributed by atoms with Gasteiger partial charge in [-0.3, -0.25) is 0 Å². The highest BCUT2D eigenvalue weighted by Crippen LogP contribution is 2.50. The molecule has 1 N–H and O–H groups in total. The van der Waals surface area contributed by atoms with Crippen LogP contribution in [0.3, 0.4) is 0 Å². The van der Waals surface area contributed by atoms with Gasteiger partial charge in [-0.2, -0.15) is 0 Å². The second-order valence-corrected chi connectivity index (χ2v) is 6.90. The Hall–Kier alpha value is -1.74. The Morgan fingerprint density at radius 1 is 1.14 bits per heavy atom. The van der Waals surface area contributed by atoms with E-state index in [1.54, 1.807) is 7.11 Å². The summed E-state index contributed by atoms with van der Waals surface area (Å²) < 4.78 is 6.52. The number of ether oxygens (including phenoxy) is 1. The molecule has 4 rings (SSSR count). The molecule has 0 bridgehead atoms. The van der Waals surface area contributed by atoms with Gasteiger partial charge >= 0.3 is 0 Å². The maximum absolute atomic E-state index is 5.40. The first kappa shape index (κ1) is 13.9. The lowest BCUT2D eigenvalue weighted by Crippen LogP contribution is -2.29. The highest BCUT2D eigenvalue weighted by atomic mass is 79.9. The van der Waals surface area contributed by atoms with E-state index in [9.17, 15) is 0 Å². The number of benzene rings is 2. The molecule has 112 valence electrons. The van der Waals surface area contributed by atoms with Crippen molar-refractivity contribution in [1.82, 2.24) is 0 Å². The van der Waals surface area contributed by atoms with E-state index >= 15 is 0 Å². The topological polar surface area (TPSA) is 21.3 Å². The van der Waals surface area contributed by atoms with Crippen LogP contribution in [0.5, 0.6) is 5.75 Å². The minimum Gasteiger partial charge on any atom is -0.497 e. The summed E-state index contributed by atoms with van der Waals surface area (Å²) in [5.41, 5.74) is 3.93. The van der Waals surface area contributed by atoms with Gasteiger partial charge in [-0.05, 0) is 53.8 Å². The van der Waals surface area contributed by atoms with Crippen LogP contribution >= 0.6 is 15.9 Å². The molecule has 2 aromatic carbocycles. The first-order chi connectivity index (χ1) is 10.8. The smallest absolute Gasteiger partial charge is 0.119 e. The molecule has 0 unspecified atom stereocenters. The Morgan fingerprint density at radius 2 is 1.95 bits per heavy atom. The first-order valence-electron chi connectivity index (χ1n) is 7.63. The van der Waals surface area contributed by atoms with Gasteiger partial charge in [0, 0.05) is 16.1 Å². The third-order valence-electron chi connectivity index (χ3n) is 4.80. The normalized spacial score (nSPS) is 25.3. The highest BCUT2D eigenvalue weighted by molar-refractivity contribution is 9.10. The van der Waals surface area contributed by atoms with E-state index in [1.165, 1.54) is 16.8 Å². The first-order valence-corrected chi connectivity index (χ1v) is 8.42. The number of rotatable bonds is 2. The number of halogens is 1. The van der Waals surface area contributed by atoms with Crippen LogP contribution in [-0.4, -0.2) is 7.11 Å². The Balaban J connectivity index is 1.76. The predicted octanol–water partition coefficient (Wildman–Crippen LogP) is 5.28. The van der Waals surface area contributed by atoms with E-state index in [1.807, 2.05) is 6.07 Å². The molecular weight excluding hydrogens is 338 g/mol. The van der Waals surface area contributed by atoms with Crippen LogP contribution in [0.15, 0.2) is 59.1 Å². The minimum atomic E-state index is 0.356. The SMILES string of the molecule is COc1ccc2c(c1)[C@@H]1C=CC[C@H]1[C@H](c1ccc(Br)cc1)N2. The molecule has 22 heavy (non-hydrogen) atoms. The molecule has 0 fully saturated rings.